The van der Waals surface area contributed by atoms with Crippen LogP contribution in [0.2, 0.25) is 0 Å². The predicted octanol–water partition coefficient (Wildman–Crippen LogP) is 1.25. The molecule has 1 aliphatic heterocycles. The molecule has 3 rings (SSSR count). The number of rotatable bonds is 5. The molecule has 0 bridgehead atoms. The number of fused-ring (bicyclic) bond motifs is 1. The highest BCUT2D eigenvalue weighted by Crippen LogP contribution is 2.36. The smallest absolute Gasteiger partial charge is 0.351 e. The molecule has 1 aliphatic rings. The average molecular weight is 404 g/mol. The highest BCUT2D eigenvalue weighted by Gasteiger charge is 2.37. The van der Waals surface area contributed by atoms with Gasteiger partial charge in [-0.1, -0.05) is 0 Å². The fraction of sp³-hybridized carbons (Fsp3) is 0.263. The molecular weight excluding hydrogens is 388 g/mol. The largest absolute Gasteiger partial charge is 0.468 e. The van der Waals surface area contributed by atoms with Crippen LogP contribution in [0.3, 0.4) is 0 Å². The minimum atomic E-state index is -1.70. The van der Waals surface area contributed by atoms with E-state index in [1.54, 1.807) is 18.2 Å². The number of ether oxygens (including phenoxy) is 5. The SMILES string of the molecule is COC(=O)c1c(C(C(=O)OC)C(=O)OC)cc(-c2ccc3c(c2)OCO3)oc1=O. The third-order valence-corrected chi connectivity index (χ3v) is 4.21. The maximum absolute atomic E-state index is 12.6. The summed E-state index contributed by atoms with van der Waals surface area (Å²) in [5.74, 6) is -3.92. The van der Waals surface area contributed by atoms with E-state index in [1.165, 1.54) is 6.07 Å². The summed E-state index contributed by atoms with van der Waals surface area (Å²) in [4.78, 5) is 49.2. The molecule has 0 N–H and O–H groups in total. The van der Waals surface area contributed by atoms with Crippen molar-refractivity contribution in [1.82, 2.24) is 0 Å². The third kappa shape index (κ3) is 3.64. The summed E-state index contributed by atoms with van der Waals surface area (Å²) in [6, 6.07) is 5.94. The van der Waals surface area contributed by atoms with Crippen LogP contribution in [0, 0.1) is 0 Å². The van der Waals surface area contributed by atoms with Gasteiger partial charge in [-0.3, -0.25) is 9.59 Å². The minimum absolute atomic E-state index is 0.0197. The summed E-state index contributed by atoms with van der Waals surface area (Å²) in [6.07, 6.45) is 0. The van der Waals surface area contributed by atoms with Gasteiger partial charge in [-0.25, -0.2) is 9.59 Å². The summed E-state index contributed by atoms with van der Waals surface area (Å²) in [6.45, 7) is 0.0437. The number of carbonyl (C=O) groups excluding carboxylic acids is 3. The number of hydrogen-bond donors (Lipinski definition) is 0. The fourth-order valence-electron chi connectivity index (χ4n) is 2.82. The van der Waals surface area contributed by atoms with Crippen molar-refractivity contribution < 1.29 is 42.5 Å². The average Bonchev–Trinajstić information content (AvgIpc) is 3.20. The van der Waals surface area contributed by atoms with E-state index in [9.17, 15) is 19.2 Å². The molecule has 0 fully saturated rings. The zero-order valence-electron chi connectivity index (χ0n) is 15.7. The van der Waals surface area contributed by atoms with E-state index in [1.807, 2.05) is 0 Å². The fourth-order valence-corrected chi connectivity index (χ4v) is 2.82. The van der Waals surface area contributed by atoms with Gasteiger partial charge in [0.05, 0.1) is 21.3 Å². The van der Waals surface area contributed by atoms with E-state index < -0.39 is 35.0 Å². The van der Waals surface area contributed by atoms with E-state index in [0.29, 0.717) is 17.1 Å². The molecule has 2 aromatic rings. The lowest BCUT2D eigenvalue weighted by Crippen LogP contribution is -2.29. The van der Waals surface area contributed by atoms with Crippen molar-refractivity contribution in [3.63, 3.8) is 0 Å². The van der Waals surface area contributed by atoms with Crippen LogP contribution < -0.4 is 15.1 Å². The lowest BCUT2D eigenvalue weighted by molar-refractivity contribution is -0.154. The van der Waals surface area contributed by atoms with Crippen molar-refractivity contribution in [2.45, 2.75) is 5.92 Å². The molecule has 0 saturated heterocycles. The molecule has 10 heteroatoms. The second-order valence-electron chi connectivity index (χ2n) is 5.77. The maximum Gasteiger partial charge on any atom is 0.351 e. The molecule has 0 atom stereocenters. The Morgan fingerprint density at radius 3 is 2.21 bits per heavy atom. The maximum atomic E-state index is 12.6. The van der Waals surface area contributed by atoms with Gasteiger partial charge in [-0.2, -0.15) is 0 Å². The molecule has 0 spiro atoms. The van der Waals surface area contributed by atoms with Crippen LogP contribution in [0.25, 0.3) is 11.3 Å². The van der Waals surface area contributed by atoms with Gasteiger partial charge >= 0.3 is 23.5 Å². The molecule has 0 saturated carbocycles. The molecule has 0 radical (unpaired) electrons. The Hall–Kier alpha value is -3.82. The molecule has 152 valence electrons. The van der Waals surface area contributed by atoms with E-state index in [0.717, 1.165) is 21.3 Å². The van der Waals surface area contributed by atoms with Crippen molar-refractivity contribution in [1.29, 1.82) is 0 Å². The molecule has 0 unspecified atom stereocenters. The monoisotopic (exact) mass is 404 g/mol. The second-order valence-corrected chi connectivity index (χ2v) is 5.77. The topological polar surface area (TPSA) is 128 Å². The van der Waals surface area contributed by atoms with Gasteiger partial charge in [0.25, 0.3) is 0 Å². The first-order valence-corrected chi connectivity index (χ1v) is 8.23. The Morgan fingerprint density at radius 1 is 0.931 bits per heavy atom. The number of esters is 3. The first-order chi connectivity index (χ1) is 13.9. The Bertz CT molecular complexity index is 1020. The van der Waals surface area contributed by atoms with Gasteiger partial charge in [0.15, 0.2) is 17.4 Å². The predicted molar refractivity (Wildman–Crippen MR) is 94.6 cm³/mol. The van der Waals surface area contributed by atoms with Gasteiger partial charge in [-0.15, -0.1) is 0 Å². The molecule has 29 heavy (non-hydrogen) atoms. The first-order valence-electron chi connectivity index (χ1n) is 8.23. The highest BCUT2D eigenvalue weighted by atomic mass is 16.7. The lowest BCUT2D eigenvalue weighted by Gasteiger charge is -2.16. The van der Waals surface area contributed by atoms with Crippen molar-refractivity contribution in [3.8, 4) is 22.8 Å². The van der Waals surface area contributed by atoms with Crippen LogP contribution in [0.15, 0.2) is 33.5 Å². The Balaban J connectivity index is 2.24. The zero-order valence-corrected chi connectivity index (χ0v) is 15.7. The highest BCUT2D eigenvalue weighted by molar-refractivity contribution is 6.04. The Kier molecular flexibility index (Phi) is 5.53. The minimum Gasteiger partial charge on any atom is -0.468 e. The van der Waals surface area contributed by atoms with E-state index in [2.05, 4.69) is 14.2 Å². The summed E-state index contributed by atoms with van der Waals surface area (Å²) >= 11 is 0. The van der Waals surface area contributed by atoms with E-state index in [-0.39, 0.29) is 18.1 Å². The van der Waals surface area contributed by atoms with Crippen LogP contribution in [-0.4, -0.2) is 46.0 Å². The standard InChI is InChI=1S/C19H16O10/c1-24-16(20)14(17(21)25-2)10-7-12(29-19(23)15(10)18(22)26-3)9-4-5-11-13(6-9)28-8-27-11/h4-7,14H,8H2,1-3H3. The van der Waals surface area contributed by atoms with Crippen LogP contribution in [0.1, 0.15) is 21.8 Å². The third-order valence-electron chi connectivity index (χ3n) is 4.21. The zero-order chi connectivity index (χ0) is 21.1. The van der Waals surface area contributed by atoms with Crippen LogP contribution in [0.4, 0.5) is 0 Å². The normalized spacial score (nSPS) is 11.9. The number of carbonyl (C=O) groups is 3. The molecular formula is C19H16O10. The van der Waals surface area contributed by atoms with Gasteiger partial charge in [0.2, 0.25) is 6.79 Å². The van der Waals surface area contributed by atoms with E-state index >= 15 is 0 Å². The summed E-state index contributed by atoms with van der Waals surface area (Å²) in [7, 11) is 3.16. The van der Waals surface area contributed by atoms with Crippen LogP contribution in [-0.2, 0) is 23.8 Å². The molecule has 1 aromatic carbocycles. The second kappa shape index (κ2) is 8.05. The first kappa shape index (κ1) is 19.9. The quantitative estimate of drug-likeness (QED) is 0.408. The van der Waals surface area contributed by atoms with Gasteiger partial charge in [-0.05, 0) is 24.3 Å². The molecule has 0 amide bonds. The lowest BCUT2D eigenvalue weighted by atomic mass is 9.94. The Labute approximate surface area is 163 Å². The van der Waals surface area contributed by atoms with Crippen molar-refractivity contribution >= 4 is 17.9 Å². The van der Waals surface area contributed by atoms with Crippen molar-refractivity contribution in [2.75, 3.05) is 28.1 Å². The van der Waals surface area contributed by atoms with Crippen molar-refractivity contribution in [3.05, 3.63) is 45.8 Å². The van der Waals surface area contributed by atoms with Crippen molar-refractivity contribution in [2.24, 2.45) is 0 Å². The van der Waals surface area contributed by atoms with Crippen LogP contribution in [0.5, 0.6) is 11.5 Å². The Morgan fingerprint density at radius 2 is 1.59 bits per heavy atom. The number of benzene rings is 1. The number of hydrogen-bond acceptors (Lipinski definition) is 10. The summed E-state index contributed by atoms with van der Waals surface area (Å²) < 4.78 is 29.7. The molecule has 2 heterocycles. The molecule has 0 aliphatic carbocycles. The number of methoxy groups -OCH3 is 3. The van der Waals surface area contributed by atoms with Gasteiger partial charge in [0.1, 0.15) is 11.3 Å². The molecule has 1 aromatic heterocycles. The van der Waals surface area contributed by atoms with Gasteiger partial charge in [0, 0.05) is 11.1 Å². The summed E-state index contributed by atoms with van der Waals surface area (Å²) in [5.41, 5.74) is -1.59. The van der Waals surface area contributed by atoms with Gasteiger partial charge < -0.3 is 28.1 Å². The summed E-state index contributed by atoms with van der Waals surface area (Å²) in [5, 5.41) is 0. The van der Waals surface area contributed by atoms with E-state index in [4.69, 9.17) is 13.9 Å². The van der Waals surface area contributed by atoms with Crippen LogP contribution >= 0.6 is 0 Å². The molecule has 10 nitrogen and oxygen atoms in total.